The number of rotatable bonds is 5. The Morgan fingerprint density at radius 1 is 1.04 bits per heavy atom. The van der Waals surface area contributed by atoms with E-state index in [0.29, 0.717) is 22.8 Å². The predicted molar refractivity (Wildman–Crippen MR) is 95.7 cm³/mol. The molecule has 0 aliphatic rings. The van der Waals surface area contributed by atoms with Gasteiger partial charge in [0.05, 0.1) is 16.1 Å². The number of nitrogens with two attached hydrogens (primary N) is 1. The van der Waals surface area contributed by atoms with Gasteiger partial charge in [0.15, 0.2) is 0 Å². The van der Waals surface area contributed by atoms with Crippen LogP contribution in [0.4, 0.5) is 13.2 Å². The molecule has 0 radical (unpaired) electrons. The zero-order valence-corrected chi connectivity index (χ0v) is 14.2. The van der Waals surface area contributed by atoms with Crippen LogP contribution in [0.15, 0.2) is 42.5 Å². The molecule has 0 fully saturated rings. The minimum absolute atomic E-state index is 0.504. The number of hydrogen-bond donors (Lipinski definition) is 2. The fourth-order valence-corrected chi connectivity index (χ4v) is 3.26. The van der Waals surface area contributed by atoms with Crippen LogP contribution in [0, 0.1) is 0 Å². The molecule has 0 saturated carbocycles. The number of hydrogen-bond acceptors (Lipinski definition) is 1. The summed E-state index contributed by atoms with van der Waals surface area (Å²) in [5.74, 6) is 0. The van der Waals surface area contributed by atoms with Crippen molar-refractivity contribution in [3.8, 4) is 11.3 Å². The molecule has 0 atom stereocenters. The lowest BCUT2D eigenvalue weighted by atomic mass is 9.99. The molecular formula is C19H18ClF3N2. The van der Waals surface area contributed by atoms with Gasteiger partial charge in [-0.1, -0.05) is 35.9 Å². The number of fused-ring (bicyclic) bond motifs is 1. The topological polar surface area (TPSA) is 41.8 Å². The van der Waals surface area contributed by atoms with Crippen LogP contribution in [0.3, 0.4) is 0 Å². The van der Waals surface area contributed by atoms with Gasteiger partial charge in [-0.15, -0.1) is 0 Å². The van der Waals surface area contributed by atoms with Gasteiger partial charge in [0.2, 0.25) is 0 Å². The summed E-state index contributed by atoms with van der Waals surface area (Å²) in [5.41, 5.74) is 7.82. The molecule has 0 amide bonds. The number of aromatic amines is 1. The van der Waals surface area contributed by atoms with Crippen molar-refractivity contribution in [2.45, 2.75) is 25.4 Å². The molecule has 0 spiro atoms. The van der Waals surface area contributed by atoms with E-state index in [1.807, 2.05) is 12.1 Å². The molecule has 0 bridgehead atoms. The molecule has 0 aliphatic carbocycles. The van der Waals surface area contributed by atoms with Crippen molar-refractivity contribution in [3.63, 3.8) is 0 Å². The number of aromatic nitrogens is 1. The highest BCUT2D eigenvalue weighted by Gasteiger charge is 2.30. The summed E-state index contributed by atoms with van der Waals surface area (Å²) in [5, 5.41) is 1.49. The maximum atomic E-state index is 13.1. The summed E-state index contributed by atoms with van der Waals surface area (Å²) in [4.78, 5) is 3.22. The van der Waals surface area contributed by atoms with E-state index in [9.17, 15) is 13.2 Å². The zero-order chi connectivity index (χ0) is 18.0. The van der Waals surface area contributed by atoms with Gasteiger partial charge in [-0.25, -0.2) is 0 Å². The van der Waals surface area contributed by atoms with Crippen molar-refractivity contribution in [3.05, 3.63) is 58.6 Å². The molecule has 0 unspecified atom stereocenters. The van der Waals surface area contributed by atoms with E-state index in [4.69, 9.17) is 17.3 Å². The van der Waals surface area contributed by atoms with Crippen molar-refractivity contribution >= 4 is 22.5 Å². The molecule has 1 aromatic heterocycles. The van der Waals surface area contributed by atoms with E-state index in [0.717, 1.165) is 41.8 Å². The zero-order valence-electron chi connectivity index (χ0n) is 13.5. The van der Waals surface area contributed by atoms with Gasteiger partial charge in [0.1, 0.15) is 0 Å². The maximum Gasteiger partial charge on any atom is 0.416 e. The number of halogens is 4. The van der Waals surface area contributed by atoms with E-state index >= 15 is 0 Å². The Balaban J connectivity index is 2.14. The highest BCUT2D eigenvalue weighted by molar-refractivity contribution is 6.35. The third-order valence-electron chi connectivity index (χ3n) is 4.25. The van der Waals surface area contributed by atoms with E-state index in [1.165, 1.54) is 12.1 Å². The second kappa shape index (κ2) is 7.10. The first kappa shape index (κ1) is 17.8. The molecular weight excluding hydrogens is 349 g/mol. The minimum Gasteiger partial charge on any atom is -0.353 e. The SMILES string of the molecule is NCCCCc1c(-c2cccc(C(F)(F)F)c2)[nH]c2c(Cl)cccc12. The largest absolute Gasteiger partial charge is 0.416 e. The molecule has 3 rings (SSSR count). The molecule has 3 N–H and O–H groups in total. The second-order valence-corrected chi connectivity index (χ2v) is 6.37. The van der Waals surface area contributed by atoms with Crippen LogP contribution >= 0.6 is 11.6 Å². The second-order valence-electron chi connectivity index (χ2n) is 5.97. The molecule has 2 nitrogen and oxygen atoms in total. The summed E-state index contributed by atoms with van der Waals surface area (Å²) < 4.78 is 39.2. The van der Waals surface area contributed by atoms with Gasteiger partial charge in [-0.3, -0.25) is 0 Å². The Morgan fingerprint density at radius 3 is 2.52 bits per heavy atom. The predicted octanol–water partition coefficient (Wildman–Crippen LogP) is 5.79. The fourth-order valence-electron chi connectivity index (χ4n) is 3.04. The smallest absolute Gasteiger partial charge is 0.353 e. The Morgan fingerprint density at radius 2 is 1.80 bits per heavy atom. The molecule has 0 aliphatic heterocycles. The number of alkyl halides is 3. The van der Waals surface area contributed by atoms with E-state index in [-0.39, 0.29) is 0 Å². The minimum atomic E-state index is -4.38. The lowest BCUT2D eigenvalue weighted by molar-refractivity contribution is -0.137. The van der Waals surface area contributed by atoms with E-state index in [1.54, 1.807) is 12.1 Å². The number of para-hydroxylation sites is 1. The average molecular weight is 367 g/mol. The highest BCUT2D eigenvalue weighted by Crippen LogP contribution is 2.37. The lowest BCUT2D eigenvalue weighted by Crippen LogP contribution is -2.04. The van der Waals surface area contributed by atoms with Crippen molar-refractivity contribution in [1.29, 1.82) is 0 Å². The third kappa shape index (κ3) is 3.67. The van der Waals surface area contributed by atoms with Crippen LogP contribution in [-0.4, -0.2) is 11.5 Å². The Labute approximate surface area is 148 Å². The quantitative estimate of drug-likeness (QED) is 0.551. The summed E-state index contributed by atoms with van der Waals surface area (Å²) in [6.07, 6.45) is -1.93. The maximum absolute atomic E-state index is 13.1. The standard InChI is InChI=1S/C19H18ClF3N2/c20-16-9-4-8-15-14(7-1-2-10-24)17(25-18(15)16)12-5-3-6-13(11-12)19(21,22)23/h3-6,8-9,11,25H,1-2,7,10,24H2. The van der Waals surface area contributed by atoms with Crippen molar-refractivity contribution in [2.75, 3.05) is 6.54 Å². The normalized spacial score (nSPS) is 12.0. The lowest BCUT2D eigenvalue weighted by Gasteiger charge is -2.10. The molecule has 1 heterocycles. The average Bonchev–Trinajstić information content (AvgIpc) is 2.95. The van der Waals surface area contributed by atoms with Gasteiger partial charge < -0.3 is 10.7 Å². The Hall–Kier alpha value is -1.98. The summed E-state index contributed by atoms with van der Waals surface area (Å²) in [6.45, 7) is 0.585. The van der Waals surface area contributed by atoms with Gasteiger partial charge in [-0.2, -0.15) is 13.2 Å². The van der Waals surface area contributed by atoms with Crippen LogP contribution < -0.4 is 5.73 Å². The van der Waals surface area contributed by atoms with Crippen molar-refractivity contribution < 1.29 is 13.2 Å². The summed E-state index contributed by atoms with van der Waals surface area (Å²) in [6, 6.07) is 10.9. The summed E-state index contributed by atoms with van der Waals surface area (Å²) in [7, 11) is 0. The monoisotopic (exact) mass is 366 g/mol. The van der Waals surface area contributed by atoms with Crippen molar-refractivity contribution in [2.24, 2.45) is 5.73 Å². The number of H-pyrrole nitrogens is 1. The van der Waals surface area contributed by atoms with Gasteiger partial charge >= 0.3 is 6.18 Å². The highest BCUT2D eigenvalue weighted by atomic mass is 35.5. The molecule has 3 aromatic rings. The van der Waals surface area contributed by atoms with Gasteiger partial charge in [0, 0.05) is 11.1 Å². The number of aryl methyl sites for hydroxylation is 1. The summed E-state index contributed by atoms with van der Waals surface area (Å²) >= 11 is 6.26. The van der Waals surface area contributed by atoms with Gasteiger partial charge in [0.25, 0.3) is 0 Å². The first-order chi connectivity index (χ1) is 11.9. The number of unbranched alkanes of at least 4 members (excludes halogenated alkanes) is 1. The van der Waals surface area contributed by atoms with Gasteiger partial charge in [-0.05, 0) is 55.1 Å². The molecule has 2 aromatic carbocycles. The first-order valence-corrected chi connectivity index (χ1v) is 8.46. The Kier molecular flexibility index (Phi) is 5.06. The molecule has 25 heavy (non-hydrogen) atoms. The third-order valence-corrected chi connectivity index (χ3v) is 4.56. The molecule has 0 saturated heterocycles. The van der Waals surface area contributed by atoms with Crippen LogP contribution in [0.1, 0.15) is 24.0 Å². The van der Waals surface area contributed by atoms with Crippen LogP contribution in [-0.2, 0) is 12.6 Å². The van der Waals surface area contributed by atoms with Crippen LogP contribution in [0.25, 0.3) is 22.2 Å². The van der Waals surface area contributed by atoms with Crippen molar-refractivity contribution in [1.82, 2.24) is 4.98 Å². The number of nitrogens with one attached hydrogen (secondary N) is 1. The number of benzene rings is 2. The van der Waals surface area contributed by atoms with Crippen LogP contribution in [0.2, 0.25) is 5.02 Å². The fraction of sp³-hybridized carbons (Fsp3) is 0.263. The Bertz CT molecular complexity index is 884. The molecule has 132 valence electrons. The van der Waals surface area contributed by atoms with Crippen LogP contribution in [0.5, 0.6) is 0 Å². The first-order valence-electron chi connectivity index (χ1n) is 8.08. The van der Waals surface area contributed by atoms with E-state index < -0.39 is 11.7 Å². The van der Waals surface area contributed by atoms with E-state index in [2.05, 4.69) is 4.98 Å². The molecule has 6 heteroatoms.